The summed E-state index contributed by atoms with van der Waals surface area (Å²) in [5.41, 5.74) is 4.12. The van der Waals surface area contributed by atoms with Crippen LogP contribution in [0.4, 0.5) is 10.5 Å². The number of nitrogens with zero attached hydrogens (tertiary/aromatic N) is 3. The second-order valence-electron chi connectivity index (χ2n) is 8.03. The zero-order valence-corrected chi connectivity index (χ0v) is 18.3. The van der Waals surface area contributed by atoms with Crippen molar-refractivity contribution >= 4 is 22.7 Å². The van der Waals surface area contributed by atoms with E-state index in [1.165, 1.54) is 12.7 Å². The molecular weight excluding hydrogens is 404 g/mol. The van der Waals surface area contributed by atoms with Crippen LogP contribution in [0.3, 0.4) is 0 Å². The lowest BCUT2D eigenvalue weighted by molar-refractivity contribution is 0.121. The third kappa shape index (κ3) is 5.21. The van der Waals surface area contributed by atoms with Gasteiger partial charge in [-0.2, -0.15) is 5.26 Å². The molecule has 1 aliphatic rings. The molecule has 2 aromatic carbocycles. The molecule has 2 heterocycles. The lowest BCUT2D eigenvalue weighted by Crippen LogP contribution is -2.46. The van der Waals surface area contributed by atoms with Crippen LogP contribution in [-0.4, -0.2) is 55.9 Å². The number of aromatic amines is 1. The molecule has 0 atom stereocenters. The Hall–Kier alpha value is -3.50. The molecule has 0 unspecified atom stereocenters. The quantitative estimate of drug-likeness (QED) is 0.340. The molecule has 1 aromatic heterocycles. The molecule has 7 heteroatoms. The second-order valence-corrected chi connectivity index (χ2v) is 8.03. The average molecular weight is 433 g/mol. The summed E-state index contributed by atoms with van der Waals surface area (Å²) in [4.78, 5) is 19.5. The fraction of sp³-hybridized carbons (Fsp3) is 0.360. The number of piperazine rings is 1. The van der Waals surface area contributed by atoms with E-state index in [0.29, 0.717) is 11.3 Å². The second kappa shape index (κ2) is 10.2. The Morgan fingerprint density at radius 3 is 2.75 bits per heavy atom. The third-order valence-electron chi connectivity index (χ3n) is 5.99. The maximum atomic E-state index is 11.4. The summed E-state index contributed by atoms with van der Waals surface area (Å²) < 4.78 is 9.72. The summed E-state index contributed by atoms with van der Waals surface area (Å²) in [6.45, 7) is 5.14. The van der Waals surface area contributed by atoms with Crippen molar-refractivity contribution in [3.8, 4) is 11.8 Å². The molecule has 1 fully saturated rings. The summed E-state index contributed by atoms with van der Waals surface area (Å²) in [6.07, 6.45) is 4.54. The van der Waals surface area contributed by atoms with Crippen LogP contribution in [0.5, 0.6) is 5.75 Å². The van der Waals surface area contributed by atoms with Crippen molar-refractivity contribution in [2.75, 3.05) is 44.7 Å². The molecule has 1 aliphatic heterocycles. The number of methoxy groups -OCH3 is 1. The molecule has 4 rings (SSSR count). The number of nitrogens with one attached hydrogen (secondary N) is 1. The van der Waals surface area contributed by atoms with E-state index in [9.17, 15) is 4.79 Å². The number of rotatable bonds is 7. The molecular formula is C25H28N4O3. The van der Waals surface area contributed by atoms with E-state index in [-0.39, 0.29) is 0 Å². The van der Waals surface area contributed by atoms with Crippen molar-refractivity contribution in [1.29, 1.82) is 5.26 Å². The van der Waals surface area contributed by atoms with Gasteiger partial charge in [0.2, 0.25) is 0 Å². The molecule has 0 saturated carbocycles. The number of ether oxygens (including phenoxy) is 2. The van der Waals surface area contributed by atoms with Crippen molar-refractivity contribution in [1.82, 2.24) is 9.88 Å². The Kier molecular flexibility index (Phi) is 6.93. The normalized spacial score (nSPS) is 14.3. The molecule has 0 spiro atoms. The highest BCUT2D eigenvalue weighted by Crippen LogP contribution is 2.25. The number of nitriles is 1. The molecule has 166 valence electrons. The van der Waals surface area contributed by atoms with E-state index in [1.54, 1.807) is 6.07 Å². The van der Waals surface area contributed by atoms with Gasteiger partial charge in [0.25, 0.3) is 0 Å². The molecule has 0 aliphatic carbocycles. The SMILES string of the molecule is COC(=O)Oc1ccc2[nH]cc(CCCCN3CCN(c4cccc(C#N)c4)CC3)c2c1. The van der Waals surface area contributed by atoms with E-state index in [1.807, 2.05) is 36.5 Å². The number of hydrogen-bond donors (Lipinski definition) is 1. The number of carbonyl (C=O) groups is 1. The van der Waals surface area contributed by atoms with Crippen molar-refractivity contribution < 1.29 is 14.3 Å². The number of anilines is 1. The molecule has 0 amide bonds. The zero-order chi connectivity index (χ0) is 22.3. The maximum Gasteiger partial charge on any atom is 0.513 e. The lowest BCUT2D eigenvalue weighted by atomic mass is 10.1. The summed E-state index contributed by atoms with van der Waals surface area (Å²) >= 11 is 0. The minimum atomic E-state index is -0.709. The maximum absolute atomic E-state index is 11.4. The number of carbonyl (C=O) groups excluding carboxylic acids is 1. The molecule has 3 aromatic rings. The van der Waals surface area contributed by atoms with Gasteiger partial charge in [-0.25, -0.2) is 4.79 Å². The fourth-order valence-electron chi connectivity index (χ4n) is 4.22. The van der Waals surface area contributed by atoms with Gasteiger partial charge in [0.1, 0.15) is 5.75 Å². The van der Waals surface area contributed by atoms with Crippen molar-refractivity contribution in [3.63, 3.8) is 0 Å². The van der Waals surface area contributed by atoms with Crippen LogP contribution >= 0.6 is 0 Å². The van der Waals surface area contributed by atoms with E-state index in [4.69, 9.17) is 10.00 Å². The van der Waals surface area contributed by atoms with Gasteiger partial charge in [0.15, 0.2) is 0 Å². The van der Waals surface area contributed by atoms with Crippen LogP contribution in [-0.2, 0) is 11.2 Å². The number of benzene rings is 2. The van der Waals surface area contributed by atoms with Gasteiger partial charge in [-0.15, -0.1) is 0 Å². The number of hydrogen-bond acceptors (Lipinski definition) is 6. The molecule has 7 nitrogen and oxygen atoms in total. The topological polar surface area (TPSA) is 81.6 Å². The van der Waals surface area contributed by atoms with Gasteiger partial charge in [0.05, 0.1) is 18.7 Å². The Morgan fingerprint density at radius 1 is 1.12 bits per heavy atom. The van der Waals surface area contributed by atoms with Crippen molar-refractivity contribution in [3.05, 3.63) is 59.8 Å². The van der Waals surface area contributed by atoms with E-state index < -0.39 is 6.16 Å². The number of fused-ring (bicyclic) bond motifs is 1. The zero-order valence-electron chi connectivity index (χ0n) is 18.3. The van der Waals surface area contributed by atoms with Gasteiger partial charge < -0.3 is 19.4 Å². The third-order valence-corrected chi connectivity index (χ3v) is 5.99. The van der Waals surface area contributed by atoms with Gasteiger partial charge in [-0.3, -0.25) is 4.90 Å². The number of aryl methyl sites for hydroxylation is 1. The smallest absolute Gasteiger partial charge is 0.437 e. The van der Waals surface area contributed by atoms with Crippen LogP contribution in [0, 0.1) is 11.3 Å². The van der Waals surface area contributed by atoms with Crippen LogP contribution in [0.25, 0.3) is 10.9 Å². The molecule has 0 bridgehead atoms. The standard InChI is InChI=1S/C25H28N4O3/c1-31-25(30)32-22-8-9-24-23(16-22)20(18-27-24)6-2-3-10-28-11-13-29(14-12-28)21-7-4-5-19(15-21)17-26/h4-5,7-9,15-16,18,27H,2-3,6,10-14H2,1H3. The van der Waals surface area contributed by atoms with Crippen molar-refractivity contribution in [2.24, 2.45) is 0 Å². The Labute approximate surface area is 188 Å². The Morgan fingerprint density at radius 2 is 1.97 bits per heavy atom. The van der Waals surface area contributed by atoms with E-state index in [2.05, 4.69) is 31.7 Å². The molecule has 0 radical (unpaired) electrons. The van der Waals surface area contributed by atoms with E-state index in [0.717, 1.165) is 68.6 Å². The van der Waals surface area contributed by atoms with Gasteiger partial charge in [-0.1, -0.05) is 6.07 Å². The largest absolute Gasteiger partial charge is 0.513 e. The molecule has 32 heavy (non-hydrogen) atoms. The molecule has 1 saturated heterocycles. The first-order chi connectivity index (χ1) is 15.7. The average Bonchev–Trinajstić information content (AvgIpc) is 3.24. The number of H-pyrrole nitrogens is 1. The fourth-order valence-corrected chi connectivity index (χ4v) is 4.22. The summed E-state index contributed by atoms with van der Waals surface area (Å²) in [5.74, 6) is 0.489. The molecule has 1 N–H and O–H groups in total. The highest BCUT2D eigenvalue weighted by molar-refractivity contribution is 5.85. The Bertz CT molecular complexity index is 1110. The van der Waals surface area contributed by atoms with Crippen LogP contribution < -0.4 is 9.64 Å². The van der Waals surface area contributed by atoms with Crippen molar-refractivity contribution in [2.45, 2.75) is 19.3 Å². The highest BCUT2D eigenvalue weighted by Gasteiger charge is 2.17. The van der Waals surface area contributed by atoms with Crippen LogP contribution in [0.2, 0.25) is 0 Å². The lowest BCUT2D eigenvalue weighted by Gasteiger charge is -2.36. The first-order valence-corrected chi connectivity index (χ1v) is 11.0. The summed E-state index contributed by atoms with van der Waals surface area (Å²) in [7, 11) is 1.30. The summed E-state index contributed by atoms with van der Waals surface area (Å²) in [5, 5.41) is 10.2. The predicted molar refractivity (Wildman–Crippen MR) is 124 cm³/mol. The van der Waals surface area contributed by atoms with Gasteiger partial charge in [0, 0.05) is 49.0 Å². The van der Waals surface area contributed by atoms with Crippen LogP contribution in [0.1, 0.15) is 24.0 Å². The first kappa shape index (κ1) is 21.7. The predicted octanol–water partition coefficient (Wildman–Crippen LogP) is 4.33. The summed E-state index contributed by atoms with van der Waals surface area (Å²) in [6, 6.07) is 15.6. The highest BCUT2D eigenvalue weighted by atomic mass is 16.7. The minimum absolute atomic E-state index is 0.489. The van der Waals surface area contributed by atoms with Crippen LogP contribution in [0.15, 0.2) is 48.7 Å². The minimum Gasteiger partial charge on any atom is -0.437 e. The van der Waals surface area contributed by atoms with Gasteiger partial charge in [-0.05, 0) is 67.8 Å². The van der Waals surface area contributed by atoms with Gasteiger partial charge >= 0.3 is 6.16 Å². The number of aromatic nitrogens is 1. The Balaban J connectivity index is 1.23. The first-order valence-electron chi connectivity index (χ1n) is 11.0. The monoisotopic (exact) mass is 432 g/mol. The number of unbranched alkanes of at least 4 members (excludes halogenated alkanes) is 1. The van der Waals surface area contributed by atoms with E-state index >= 15 is 0 Å².